The first-order valence-electron chi connectivity index (χ1n) is 9.96. The first-order valence-corrected chi connectivity index (χ1v) is 9.96. The molecular formula is C23H21FN6. The molecule has 6 nitrogen and oxygen atoms in total. The van der Waals surface area contributed by atoms with Crippen LogP contribution in [0.3, 0.4) is 0 Å². The minimum atomic E-state index is -0.283. The molecule has 5 rings (SSSR count). The van der Waals surface area contributed by atoms with E-state index in [1.54, 1.807) is 16.8 Å². The summed E-state index contributed by atoms with van der Waals surface area (Å²) >= 11 is 0. The fourth-order valence-electron chi connectivity index (χ4n) is 4.02. The molecule has 1 fully saturated rings. The summed E-state index contributed by atoms with van der Waals surface area (Å²) in [5.74, 6) is 0.449. The van der Waals surface area contributed by atoms with E-state index in [2.05, 4.69) is 73.9 Å². The minimum absolute atomic E-state index is 0.0556. The molecule has 0 amide bonds. The van der Waals surface area contributed by atoms with Crippen molar-refractivity contribution in [1.82, 2.24) is 20.2 Å². The van der Waals surface area contributed by atoms with Crippen molar-refractivity contribution < 1.29 is 4.39 Å². The van der Waals surface area contributed by atoms with Crippen LogP contribution in [0.25, 0.3) is 5.69 Å². The Bertz CT molecular complexity index is 1050. The van der Waals surface area contributed by atoms with Crippen molar-refractivity contribution in [2.75, 3.05) is 22.9 Å². The number of hydrogen-bond donors (Lipinski definition) is 0. The lowest BCUT2D eigenvalue weighted by molar-refractivity contribution is 0.619. The monoisotopic (exact) mass is 400 g/mol. The Balaban J connectivity index is 1.50. The Kier molecular flexibility index (Phi) is 4.85. The SMILES string of the molecule is Fc1ccc(-n2nnnc2CC2N(c3ccccc3)CCN2c2ccccc2)cc1. The maximum Gasteiger partial charge on any atom is 0.160 e. The average Bonchev–Trinajstić information content (AvgIpc) is 3.43. The molecule has 0 saturated carbocycles. The number of hydrogen-bond acceptors (Lipinski definition) is 5. The Hall–Kier alpha value is -3.74. The van der Waals surface area contributed by atoms with Gasteiger partial charge in [0.1, 0.15) is 12.0 Å². The second-order valence-electron chi connectivity index (χ2n) is 7.23. The highest BCUT2D eigenvalue weighted by Gasteiger charge is 2.34. The summed E-state index contributed by atoms with van der Waals surface area (Å²) in [6.07, 6.45) is 0.675. The molecule has 0 N–H and O–H groups in total. The summed E-state index contributed by atoms with van der Waals surface area (Å²) < 4.78 is 15.0. The van der Waals surface area contributed by atoms with E-state index in [1.807, 2.05) is 12.1 Å². The van der Waals surface area contributed by atoms with E-state index in [9.17, 15) is 4.39 Å². The van der Waals surface area contributed by atoms with Crippen LogP contribution in [0.15, 0.2) is 84.9 Å². The van der Waals surface area contributed by atoms with Crippen LogP contribution in [0.5, 0.6) is 0 Å². The number of para-hydroxylation sites is 2. The summed E-state index contributed by atoms with van der Waals surface area (Å²) in [6.45, 7) is 1.81. The van der Waals surface area contributed by atoms with E-state index >= 15 is 0 Å². The summed E-state index contributed by atoms with van der Waals surface area (Å²) in [4.78, 5) is 4.77. The van der Waals surface area contributed by atoms with Crippen molar-refractivity contribution in [1.29, 1.82) is 0 Å². The second-order valence-corrected chi connectivity index (χ2v) is 7.23. The van der Waals surface area contributed by atoms with Gasteiger partial charge < -0.3 is 9.80 Å². The molecule has 0 radical (unpaired) electrons. The summed E-state index contributed by atoms with van der Waals surface area (Å²) in [7, 11) is 0. The predicted molar refractivity (Wildman–Crippen MR) is 114 cm³/mol. The normalized spacial score (nSPS) is 14.4. The van der Waals surface area contributed by atoms with Gasteiger partial charge in [-0.25, -0.2) is 4.39 Å². The van der Waals surface area contributed by atoms with E-state index < -0.39 is 0 Å². The third-order valence-electron chi connectivity index (χ3n) is 5.45. The fourth-order valence-corrected chi connectivity index (χ4v) is 4.02. The van der Waals surface area contributed by atoms with Gasteiger partial charge in [-0.15, -0.1) is 5.10 Å². The average molecular weight is 400 g/mol. The van der Waals surface area contributed by atoms with Crippen molar-refractivity contribution >= 4 is 11.4 Å². The minimum Gasteiger partial charge on any atom is -0.349 e. The Morgan fingerprint density at radius 3 is 1.87 bits per heavy atom. The second kappa shape index (κ2) is 7.94. The lowest BCUT2D eigenvalue weighted by atomic mass is 10.2. The fraction of sp³-hybridized carbons (Fsp3) is 0.174. The molecule has 0 unspecified atom stereocenters. The lowest BCUT2D eigenvalue weighted by Gasteiger charge is -2.32. The predicted octanol–water partition coefficient (Wildman–Crippen LogP) is 3.70. The Morgan fingerprint density at radius 2 is 1.30 bits per heavy atom. The van der Waals surface area contributed by atoms with Crippen molar-refractivity contribution in [2.24, 2.45) is 0 Å². The first kappa shape index (κ1) is 18.3. The van der Waals surface area contributed by atoms with Gasteiger partial charge in [-0.2, -0.15) is 4.68 Å². The molecule has 0 aliphatic carbocycles. The first-order chi connectivity index (χ1) is 14.8. The molecule has 1 aliphatic heterocycles. The largest absolute Gasteiger partial charge is 0.349 e. The molecule has 3 aromatic carbocycles. The highest BCUT2D eigenvalue weighted by molar-refractivity contribution is 5.57. The van der Waals surface area contributed by atoms with Crippen LogP contribution in [-0.2, 0) is 6.42 Å². The highest BCUT2D eigenvalue weighted by atomic mass is 19.1. The summed E-state index contributed by atoms with van der Waals surface area (Å²) in [6, 6.07) is 27.0. The van der Waals surface area contributed by atoms with Gasteiger partial charge in [-0.3, -0.25) is 0 Å². The molecule has 2 heterocycles. The van der Waals surface area contributed by atoms with Gasteiger partial charge in [-0.05, 0) is 59.0 Å². The van der Waals surface area contributed by atoms with Gasteiger partial charge in [0, 0.05) is 30.9 Å². The number of anilines is 2. The highest BCUT2D eigenvalue weighted by Crippen LogP contribution is 2.30. The van der Waals surface area contributed by atoms with E-state index in [0.717, 1.165) is 24.6 Å². The molecule has 1 aliphatic rings. The van der Waals surface area contributed by atoms with Gasteiger partial charge in [0.2, 0.25) is 0 Å². The third-order valence-corrected chi connectivity index (χ3v) is 5.45. The van der Waals surface area contributed by atoms with Crippen molar-refractivity contribution in [3.05, 3.63) is 96.6 Å². The molecule has 150 valence electrons. The number of aromatic nitrogens is 4. The molecule has 0 bridgehead atoms. The smallest absolute Gasteiger partial charge is 0.160 e. The van der Waals surface area contributed by atoms with Gasteiger partial charge in [0.05, 0.1) is 5.69 Å². The molecule has 0 atom stereocenters. The van der Waals surface area contributed by atoms with E-state index in [4.69, 9.17) is 0 Å². The van der Waals surface area contributed by atoms with Crippen LogP contribution in [-0.4, -0.2) is 39.5 Å². The Morgan fingerprint density at radius 1 is 0.733 bits per heavy atom. The van der Waals surface area contributed by atoms with Gasteiger partial charge >= 0.3 is 0 Å². The Labute approximate surface area is 174 Å². The number of nitrogens with zero attached hydrogens (tertiary/aromatic N) is 6. The molecule has 1 saturated heterocycles. The molecule has 30 heavy (non-hydrogen) atoms. The third kappa shape index (κ3) is 3.50. The number of halogens is 1. The summed E-state index contributed by atoms with van der Waals surface area (Å²) in [5, 5.41) is 12.3. The maximum atomic E-state index is 13.4. The molecule has 0 spiro atoms. The number of benzene rings is 3. The zero-order valence-corrected chi connectivity index (χ0v) is 16.3. The van der Waals surface area contributed by atoms with Gasteiger partial charge in [0.25, 0.3) is 0 Å². The van der Waals surface area contributed by atoms with E-state index in [1.165, 1.54) is 23.5 Å². The number of tetrazole rings is 1. The van der Waals surface area contributed by atoms with Crippen LogP contribution >= 0.6 is 0 Å². The van der Waals surface area contributed by atoms with E-state index in [0.29, 0.717) is 6.42 Å². The van der Waals surface area contributed by atoms with Gasteiger partial charge in [-0.1, -0.05) is 36.4 Å². The maximum absolute atomic E-state index is 13.4. The standard InChI is InChI=1S/C23H21FN6/c24-18-11-13-21(14-12-18)30-22(25-26-27-30)17-23-28(19-7-3-1-4-8-19)15-16-29(23)20-9-5-2-6-10-20/h1-14,23H,15-17H2. The van der Waals surface area contributed by atoms with Crippen molar-refractivity contribution in [3.8, 4) is 5.69 Å². The zero-order chi connectivity index (χ0) is 20.3. The topological polar surface area (TPSA) is 50.1 Å². The van der Waals surface area contributed by atoms with Crippen molar-refractivity contribution in [3.63, 3.8) is 0 Å². The van der Waals surface area contributed by atoms with Crippen LogP contribution in [0.4, 0.5) is 15.8 Å². The molecule has 1 aromatic heterocycles. The molecule has 4 aromatic rings. The number of rotatable bonds is 5. The molecular weight excluding hydrogens is 379 g/mol. The zero-order valence-electron chi connectivity index (χ0n) is 16.3. The summed E-state index contributed by atoms with van der Waals surface area (Å²) in [5.41, 5.74) is 3.08. The quantitative estimate of drug-likeness (QED) is 0.511. The molecule has 7 heteroatoms. The van der Waals surface area contributed by atoms with Crippen LogP contribution in [0.1, 0.15) is 5.82 Å². The lowest BCUT2D eigenvalue weighted by Crippen LogP contribution is -2.41. The van der Waals surface area contributed by atoms with E-state index in [-0.39, 0.29) is 12.0 Å². The van der Waals surface area contributed by atoms with Crippen LogP contribution < -0.4 is 9.80 Å². The van der Waals surface area contributed by atoms with Gasteiger partial charge in [0.15, 0.2) is 5.82 Å². The van der Waals surface area contributed by atoms with Crippen LogP contribution in [0, 0.1) is 5.82 Å². The van der Waals surface area contributed by atoms with Crippen LogP contribution in [0.2, 0.25) is 0 Å². The van der Waals surface area contributed by atoms with Crippen molar-refractivity contribution in [2.45, 2.75) is 12.6 Å².